The van der Waals surface area contributed by atoms with E-state index in [1.54, 1.807) is 0 Å². The highest BCUT2D eigenvalue weighted by Gasteiger charge is 2.22. The van der Waals surface area contributed by atoms with Crippen LogP contribution in [-0.4, -0.2) is 32.2 Å². The molecule has 0 saturated heterocycles. The number of benzene rings is 1. The number of primary amides is 1. The number of halogens is 1. The third kappa shape index (κ3) is 3.01. The van der Waals surface area contributed by atoms with E-state index < -0.39 is 28.3 Å². The standard InChI is InChI=1S/C10H13FN2O3S/c1-7-3-4-8(5-9(7)11)17(15,16)13(2)6-10(12)14/h3-5H,6H2,1-2H3,(H2,12,14). The minimum absolute atomic E-state index is 0.204. The molecule has 0 bridgehead atoms. The Morgan fingerprint density at radius 1 is 1.47 bits per heavy atom. The summed E-state index contributed by atoms with van der Waals surface area (Å²) in [5.74, 6) is -1.39. The van der Waals surface area contributed by atoms with Crippen LogP contribution in [0.1, 0.15) is 5.56 Å². The first-order valence-electron chi connectivity index (χ1n) is 4.76. The molecular formula is C10H13FN2O3S. The van der Waals surface area contributed by atoms with Gasteiger partial charge in [-0.25, -0.2) is 12.8 Å². The van der Waals surface area contributed by atoms with E-state index in [9.17, 15) is 17.6 Å². The number of nitrogens with two attached hydrogens (primary N) is 1. The second-order valence-electron chi connectivity index (χ2n) is 3.64. The van der Waals surface area contributed by atoms with Gasteiger partial charge in [0.2, 0.25) is 15.9 Å². The summed E-state index contributed by atoms with van der Waals surface area (Å²) in [4.78, 5) is 10.4. The van der Waals surface area contributed by atoms with Crippen LogP contribution in [0.4, 0.5) is 4.39 Å². The number of amides is 1. The Hall–Kier alpha value is -1.47. The van der Waals surface area contributed by atoms with Crippen molar-refractivity contribution in [1.29, 1.82) is 0 Å². The quantitative estimate of drug-likeness (QED) is 0.842. The topological polar surface area (TPSA) is 80.5 Å². The average molecular weight is 260 g/mol. The van der Waals surface area contributed by atoms with Crippen molar-refractivity contribution in [3.8, 4) is 0 Å². The zero-order chi connectivity index (χ0) is 13.2. The number of hydrogen-bond acceptors (Lipinski definition) is 3. The maximum absolute atomic E-state index is 13.3. The van der Waals surface area contributed by atoms with Crippen LogP contribution >= 0.6 is 0 Å². The van der Waals surface area contributed by atoms with Gasteiger partial charge in [-0.15, -0.1) is 0 Å². The van der Waals surface area contributed by atoms with Gasteiger partial charge in [-0.2, -0.15) is 4.31 Å². The monoisotopic (exact) mass is 260 g/mol. The SMILES string of the molecule is Cc1ccc(S(=O)(=O)N(C)CC(N)=O)cc1F. The van der Waals surface area contributed by atoms with E-state index in [0.717, 1.165) is 10.4 Å². The molecule has 0 heterocycles. The molecule has 0 radical (unpaired) electrons. The lowest BCUT2D eigenvalue weighted by atomic mass is 10.2. The molecule has 0 aliphatic heterocycles. The molecule has 1 amide bonds. The van der Waals surface area contributed by atoms with Crippen LogP contribution in [0.5, 0.6) is 0 Å². The molecule has 2 N–H and O–H groups in total. The molecule has 0 saturated carbocycles. The summed E-state index contributed by atoms with van der Waals surface area (Å²) in [7, 11) is -2.67. The summed E-state index contributed by atoms with van der Waals surface area (Å²) < 4.78 is 37.8. The summed E-state index contributed by atoms with van der Waals surface area (Å²) in [6, 6.07) is 3.56. The summed E-state index contributed by atoms with van der Waals surface area (Å²) in [5, 5.41) is 0. The van der Waals surface area contributed by atoms with E-state index in [4.69, 9.17) is 5.73 Å². The van der Waals surface area contributed by atoms with Gasteiger partial charge in [0, 0.05) is 7.05 Å². The van der Waals surface area contributed by atoms with Gasteiger partial charge in [0.25, 0.3) is 0 Å². The van der Waals surface area contributed by atoms with Crippen molar-refractivity contribution in [3.05, 3.63) is 29.6 Å². The van der Waals surface area contributed by atoms with E-state index in [0.29, 0.717) is 5.56 Å². The number of carbonyl (C=O) groups is 1. The largest absolute Gasteiger partial charge is 0.369 e. The minimum atomic E-state index is -3.88. The molecule has 0 fully saturated rings. The molecule has 7 heteroatoms. The number of nitrogens with zero attached hydrogens (tertiary/aromatic N) is 1. The minimum Gasteiger partial charge on any atom is -0.369 e. The molecule has 1 aromatic carbocycles. The predicted molar refractivity (Wildman–Crippen MR) is 60.1 cm³/mol. The van der Waals surface area contributed by atoms with Gasteiger partial charge in [0.05, 0.1) is 11.4 Å². The van der Waals surface area contributed by atoms with Crippen LogP contribution < -0.4 is 5.73 Å². The number of aryl methyl sites for hydroxylation is 1. The number of rotatable bonds is 4. The van der Waals surface area contributed by atoms with Gasteiger partial charge >= 0.3 is 0 Å². The maximum Gasteiger partial charge on any atom is 0.243 e. The number of sulfonamides is 1. The van der Waals surface area contributed by atoms with E-state index in [1.807, 2.05) is 0 Å². The molecule has 17 heavy (non-hydrogen) atoms. The van der Waals surface area contributed by atoms with Crippen LogP contribution in [0.3, 0.4) is 0 Å². The maximum atomic E-state index is 13.3. The molecular weight excluding hydrogens is 247 g/mol. The first-order chi connectivity index (χ1) is 7.75. The van der Waals surface area contributed by atoms with E-state index in [-0.39, 0.29) is 4.90 Å². The third-order valence-electron chi connectivity index (χ3n) is 2.23. The van der Waals surface area contributed by atoms with Crippen LogP contribution in [0, 0.1) is 12.7 Å². The Balaban J connectivity index is 3.13. The third-order valence-corrected chi connectivity index (χ3v) is 4.03. The van der Waals surface area contributed by atoms with Crippen molar-refractivity contribution in [3.63, 3.8) is 0 Å². The normalized spacial score (nSPS) is 11.8. The Morgan fingerprint density at radius 3 is 2.53 bits per heavy atom. The molecule has 0 unspecified atom stereocenters. The van der Waals surface area contributed by atoms with Crippen molar-refractivity contribution >= 4 is 15.9 Å². The number of hydrogen-bond donors (Lipinski definition) is 1. The van der Waals surface area contributed by atoms with Crippen LogP contribution in [0.2, 0.25) is 0 Å². The molecule has 1 rings (SSSR count). The van der Waals surface area contributed by atoms with Gasteiger partial charge in [-0.1, -0.05) is 6.07 Å². The molecule has 1 aromatic rings. The van der Waals surface area contributed by atoms with Crippen molar-refractivity contribution in [2.45, 2.75) is 11.8 Å². The van der Waals surface area contributed by atoms with Crippen LogP contribution in [-0.2, 0) is 14.8 Å². The lowest BCUT2D eigenvalue weighted by Crippen LogP contribution is -2.35. The molecule has 0 atom stereocenters. The van der Waals surface area contributed by atoms with Crippen LogP contribution in [0.15, 0.2) is 23.1 Å². The lowest BCUT2D eigenvalue weighted by Gasteiger charge is -2.15. The average Bonchev–Trinajstić information content (AvgIpc) is 2.20. The van der Waals surface area contributed by atoms with E-state index in [1.165, 1.54) is 26.1 Å². The van der Waals surface area contributed by atoms with Crippen molar-refractivity contribution in [2.75, 3.05) is 13.6 Å². The highest BCUT2D eigenvalue weighted by atomic mass is 32.2. The predicted octanol–water partition coefficient (Wildman–Crippen LogP) is 0.240. The van der Waals surface area contributed by atoms with Gasteiger partial charge in [0.15, 0.2) is 0 Å². The highest BCUT2D eigenvalue weighted by molar-refractivity contribution is 7.89. The first kappa shape index (κ1) is 13.6. The molecule has 0 aliphatic carbocycles. The van der Waals surface area contributed by atoms with Crippen molar-refractivity contribution in [2.24, 2.45) is 5.73 Å². The van der Waals surface area contributed by atoms with Crippen LogP contribution in [0.25, 0.3) is 0 Å². The summed E-state index contributed by atoms with van der Waals surface area (Å²) >= 11 is 0. The van der Waals surface area contributed by atoms with Gasteiger partial charge in [-0.3, -0.25) is 4.79 Å². The fourth-order valence-electron chi connectivity index (χ4n) is 1.22. The summed E-state index contributed by atoms with van der Waals surface area (Å²) in [6.45, 7) is 1.08. The van der Waals surface area contributed by atoms with Gasteiger partial charge in [0.1, 0.15) is 5.82 Å². The fourth-order valence-corrected chi connectivity index (χ4v) is 2.37. The zero-order valence-electron chi connectivity index (χ0n) is 9.47. The fraction of sp³-hybridized carbons (Fsp3) is 0.300. The molecule has 0 aromatic heterocycles. The highest BCUT2D eigenvalue weighted by Crippen LogP contribution is 2.17. The number of carbonyl (C=O) groups excluding carboxylic acids is 1. The lowest BCUT2D eigenvalue weighted by molar-refractivity contribution is -0.118. The second-order valence-corrected chi connectivity index (χ2v) is 5.68. The molecule has 0 aliphatic rings. The summed E-state index contributed by atoms with van der Waals surface area (Å²) in [6.07, 6.45) is 0. The molecule has 5 nitrogen and oxygen atoms in total. The molecule has 0 spiro atoms. The van der Waals surface area contributed by atoms with Crippen molar-refractivity contribution in [1.82, 2.24) is 4.31 Å². The Bertz CT molecular complexity index is 542. The van der Waals surface area contributed by atoms with E-state index in [2.05, 4.69) is 0 Å². The number of likely N-dealkylation sites (N-methyl/N-ethyl adjacent to an activating group) is 1. The first-order valence-corrected chi connectivity index (χ1v) is 6.20. The second kappa shape index (κ2) is 4.80. The Labute approximate surface area is 99.1 Å². The zero-order valence-corrected chi connectivity index (χ0v) is 10.3. The smallest absolute Gasteiger partial charge is 0.243 e. The Morgan fingerprint density at radius 2 is 2.06 bits per heavy atom. The van der Waals surface area contributed by atoms with Crippen molar-refractivity contribution < 1.29 is 17.6 Å². The van der Waals surface area contributed by atoms with Gasteiger partial charge in [-0.05, 0) is 24.6 Å². The molecule has 94 valence electrons. The Kier molecular flexibility index (Phi) is 3.84. The summed E-state index contributed by atoms with van der Waals surface area (Å²) in [5.41, 5.74) is 5.25. The van der Waals surface area contributed by atoms with Gasteiger partial charge < -0.3 is 5.73 Å². The van der Waals surface area contributed by atoms with E-state index >= 15 is 0 Å².